The molecule has 10 heteroatoms. The van der Waals surface area contributed by atoms with Gasteiger partial charge in [0.05, 0.1) is 18.6 Å². The predicted octanol–water partition coefficient (Wildman–Crippen LogP) is 3.60. The molecule has 38 heavy (non-hydrogen) atoms. The molecule has 0 heterocycles. The van der Waals surface area contributed by atoms with Gasteiger partial charge in [0, 0.05) is 25.2 Å². The second-order valence-corrected chi connectivity index (χ2v) is 12.2. The summed E-state index contributed by atoms with van der Waals surface area (Å²) in [6.07, 6.45) is 3.12. The van der Waals surface area contributed by atoms with Gasteiger partial charge in [-0.15, -0.1) is 0 Å². The number of hydrogen-bond donors (Lipinski definition) is 1. The van der Waals surface area contributed by atoms with E-state index in [1.165, 1.54) is 17.4 Å². The number of hydrogen-bond acceptors (Lipinski definition) is 6. The molecule has 0 bridgehead atoms. The zero-order valence-electron chi connectivity index (χ0n) is 23.2. The van der Waals surface area contributed by atoms with Gasteiger partial charge in [0.15, 0.2) is 0 Å². The van der Waals surface area contributed by atoms with Crippen LogP contribution in [0.5, 0.6) is 5.75 Å². The molecule has 1 aliphatic carbocycles. The Morgan fingerprint density at radius 2 is 1.74 bits per heavy atom. The molecule has 1 amide bonds. The summed E-state index contributed by atoms with van der Waals surface area (Å²) in [5.74, 6) is 0.129. The van der Waals surface area contributed by atoms with Gasteiger partial charge in [-0.1, -0.05) is 12.1 Å². The van der Waals surface area contributed by atoms with Gasteiger partial charge < -0.3 is 14.8 Å². The van der Waals surface area contributed by atoms with Gasteiger partial charge >= 0.3 is 0 Å². The Labute approximate surface area is 226 Å². The predicted molar refractivity (Wildman–Crippen MR) is 145 cm³/mol. The summed E-state index contributed by atoms with van der Waals surface area (Å²) in [6, 6.07) is 10.2. The van der Waals surface area contributed by atoms with Crippen LogP contribution in [0.3, 0.4) is 0 Å². The molecule has 0 atom stereocenters. The number of likely N-dealkylation sites (N-methyl/N-ethyl adjacent to an activating group) is 1. The van der Waals surface area contributed by atoms with E-state index in [1.54, 1.807) is 45.2 Å². The van der Waals surface area contributed by atoms with Crippen molar-refractivity contribution in [1.82, 2.24) is 14.5 Å². The summed E-state index contributed by atoms with van der Waals surface area (Å²) in [5.41, 5.74) is 1.90. The highest BCUT2D eigenvalue weighted by Crippen LogP contribution is 2.41. The summed E-state index contributed by atoms with van der Waals surface area (Å²) in [7, 11) is 3.33. The van der Waals surface area contributed by atoms with Crippen molar-refractivity contribution in [2.45, 2.75) is 56.0 Å². The lowest BCUT2D eigenvalue weighted by Crippen LogP contribution is -2.49. The van der Waals surface area contributed by atoms with E-state index in [1.807, 2.05) is 20.2 Å². The van der Waals surface area contributed by atoms with Crippen LogP contribution in [0.2, 0.25) is 0 Å². The van der Waals surface area contributed by atoms with Crippen molar-refractivity contribution in [2.24, 2.45) is 0 Å². The number of amides is 1. The molecular formula is C28H40FN3O5S. The lowest BCUT2D eigenvalue weighted by molar-refractivity contribution is -0.126. The molecule has 1 N–H and O–H groups in total. The SMILES string of the molecule is COc1cc(C)c(S(=O)(=O)N(C)CCOCC(=O)NC2CCC(c3cccc(F)c3)(N(C)C)CC2)c(C)c1. The van der Waals surface area contributed by atoms with Gasteiger partial charge in [0.1, 0.15) is 18.2 Å². The van der Waals surface area contributed by atoms with E-state index < -0.39 is 10.0 Å². The van der Waals surface area contributed by atoms with Crippen molar-refractivity contribution in [3.8, 4) is 5.75 Å². The molecule has 0 aliphatic heterocycles. The van der Waals surface area contributed by atoms with Crippen LogP contribution in [-0.2, 0) is 25.1 Å². The van der Waals surface area contributed by atoms with Crippen LogP contribution in [0.15, 0.2) is 41.3 Å². The highest BCUT2D eigenvalue weighted by molar-refractivity contribution is 7.89. The van der Waals surface area contributed by atoms with E-state index in [9.17, 15) is 17.6 Å². The summed E-state index contributed by atoms with van der Waals surface area (Å²) < 4.78 is 52.1. The van der Waals surface area contributed by atoms with E-state index in [2.05, 4.69) is 10.2 Å². The number of benzene rings is 2. The smallest absolute Gasteiger partial charge is 0.246 e. The second-order valence-electron chi connectivity index (χ2n) is 10.2. The van der Waals surface area contributed by atoms with Gasteiger partial charge in [0.2, 0.25) is 15.9 Å². The molecule has 0 unspecified atom stereocenters. The molecule has 1 aliphatic rings. The molecular weight excluding hydrogens is 509 g/mol. The third-order valence-electron chi connectivity index (χ3n) is 7.52. The molecule has 0 aromatic heterocycles. The third-order valence-corrected chi connectivity index (χ3v) is 9.68. The molecule has 0 spiro atoms. The van der Waals surface area contributed by atoms with Crippen molar-refractivity contribution in [3.05, 3.63) is 58.9 Å². The topological polar surface area (TPSA) is 88.2 Å². The second kappa shape index (κ2) is 12.5. The normalized spacial score (nSPS) is 20.1. The molecule has 210 valence electrons. The van der Waals surface area contributed by atoms with E-state index in [0.717, 1.165) is 31.2 Å². The fourth-order valence-electron chi connectivity index (χ4n) is 5.35. The number of sulfonamides is 1. The van der Waals surface area contributed by atoms with Crippen LogP contribution in [-0.4, -0.2) is 77.6 Å². The first-order valence-electron chi connectivity index (χ1n) is 12.8. The maximum atomic E-state index is 13.9. The Morgan fingerprint density at radius 3 is 2.29 bits per heavy atom. The largest absolute Gasteiger partial charge is 0.497 e. The number of ether oxygens (including phenoxy) is 2. The fourth-order valence-corrected chi connectivity index (χ4v) is 6.91. The number of carbonyl (C=O) groups excluding carboxylic acids is 1. The first-order valence-corrected chi connectivity index (χ1v) is 14.3. The lowest BCUT2D eigenvalue weighted by atomic mass is 9.74. The minimum Gasteiger partial charge on any atom is -0.497 e. The van der Waals surface area contributed by atoms with Crippen LogP contribution in [0.1, 0.15) is 42.4 Å². The Hall–Kier alpha value is -2.53. The highest BCUT2D eigenvalue weighted by atomic mass is 32.2. The molecule has 0 radical (unpaired) electrons. The van der Waals surface area contributed by atoms with Crippen LogP contribution in [0.25, 0.3) is 0 Å². The van der Waals surface area contributed by atoms with Crippen molar-refractivity contribution in [2.75, 3.05) is 48.0 Å². The van der Waals surface area contributed by atoms with Gasteiger partial charge in [-0.05, 0) is 94.6 Å². The molecule has 1 fully saturated rings. The quantitative estimate of drug-likeness (QED) is 0.431. The maximum Gasteiger partial charge on any atom is 0.246 e. The molecule has 8 nitrogen and oxygen atoms in total. The van der Waals surface area contributed by atoms with E-state index in [-0.39, 0.29) is 48.0 Å². The average Bonchev–Trinajstić information content (AvgIpc) is 2.86. The number of nitrogens with zero attached hydrogens (tertiary/aromatic N) is 2. The molecule has 3 rings (SSSR count). The zero-order valence-corrected chi connectivity index (χ0v) is 24.0. The third kappa shape index (κ3) is 6.72. The molecule has 2 aromatic carbocycles. The summed E-state index contributed by atoms with van der Waals surface area (Å²) >= 11 is 0. The molecule has 1 saturated carbocycles. The van der Waals surface area contributed by atoms with Crippen LogP contribution in [0, 0.1) is 19.7 Å². The Balaban J connectivity index is 1.47. The van der Waals surface area contributed by atoms with E-state index in [4.69, 9.17) is 9.47 Å². The first kappa shape index (κ1) is 30.0. The highest BCUT2D eigenvalue weighted by Gasteiger charge is 2.39. The van der Waals surface area contributed by atoms with Crippen molar-refractivity contribution in [3.63, 3.8) is 0 Å². The Kier molecular flexibility index (Phi) is 9.91. The van der Waals surface area contributed by atoms with Gasteiger partial charge in [-0.3, -0.25) is 9.69 Å². The number of methoxy groups -OCH3 is 1. The summed E-state index contributed by atoms with van der Waals surface area (Å²) in [6.45, 7) is 3.54. The van der Waals surface area contributed by atoms with Gasteiger partial charge in [-0.2, -0.15) is 4.31 Å². The number of halogens is 1. The monoisotopic (exact) mass is 549 g/mol. The Bertz CT molecular complexity index is 1200. The number of aryl methyl sites for hydroxylation is 2. The molecule has 2 aromatic rings. The standard InChI is InChI=1S/C28H40FN3O5S/c1-20-16-25(36-6)17-21(2)27(20)38(34,35)32(5)14-15-37-19-26(33)30-24-10-12-28(13-11-24,31(3)4)22-8-7-9-23(29)18-22/h7-9,16-18,24H,10-15,19H2,1-6H3,(H,30,33). The molecule has 0 saturated heterocycles. The number of nitrogens with one attached hydrogen (secondary N) is 1. The minimum atomic E-state index is -3.72. The van der Waals surface area contributed by atoms with E-state index >= 15 is 0 Å². The fraction of sp³-hybridized carbons (Fsp3) is 0.536. The number of carbonyl (C=O) groups is 1. The zero-order chi connectivity index (χ0) is 28.1. The van der Waals surface area contributed by atoms with Crippen molar-refractivity contribution in [1.29, 1.82) is 0 Å². The summed E-state index contributed by atoms with van der Waals surface area (Å²) in [4.78, 5) is 14.9. The van der Waals surface area contributed by atoms with Crippen LogP contribution in [0.4, 0.5) is 4.39 Å². The Morgan fingerprint density at radius 1 is 1.11 bits per heavy atom. The first-order chi connectivity index (χ1) is 17.9. The van der Waals surface area contributed by atoms with E-state index in [0.29, 0.717) is 16.9 Å². The lowest BCUT2D eigenvalue weighted by Gasteiger charge is -2.45. The van der Waals surface area contributed by atoms with Crippen molar-refractivity contribution < 1.29 is 27.1 Å². The van der Waals surface area contributed by atoms with Crippen molar-refractivity contribution >= 4 is 15.9 Å². The number of rotatable bonds is 11. The van der Waals surface area contributed by atoms with Crippen LogP contribution < -0.4 is 10.1 Å². The van der Waals surface area contributed by atoms with Gasteiger partial charge in [-0.25, -0.2) is 12.8 Å². The summed E-state index contributed by atoms with van der Waals surface area (Å²) in [5, 5.41) is 3.03. The maximum absolute atomic E-state index is 13.9. The minimum absolute atomic E-state index is 0.0109. The average molecular weight is 550 g/mol. The van der Waals surface area contributed by atoms with Gasteiger partial charge in [0.25, 0.3) is 0 Å². The van der Waals surface area contributed by atoms with Crippen LogP contribution >= 0.6 is 0 Å².